The van der Waals surface area contributed by atoms with E-state index in [4.69, 9.17) is 11.6 Å². The topological polar surface area (TPSA) is 89.8 Å². The first kappa shape index (κ1) is 21.8. The van der Waals surface area contributed by atoms with Crippen LogP contribution in [0.4, 0.5) is 11.4 Å². The summed E-state index contributed by atoms with van der Waals surface area (Å²) in [4.78, 5) is 17.3. The van der Waals surface area contributed by atoms with Gasteiger partial charge < -0.3 is 16.0 Å². The summed E-state index contributed by atoms with van der Waals surface area (Å²) < 4.78 is 0. The number of halogens is 1. The molecule has 0 radical (unpaired) electrons. The Morgan fingerprint density at radius 2 is 2.09 bits per heavy atom. The molecule has 32 heavy (non-hydrogen) atoms. The Bertz CT molecular complexity index is 1170. The number of aryl methyl sites for hydroxylation is 1. The largest absolute Gasteiger partial charge is 0.369 e. The van der Waals surface area contributed by atoms with Crippen LogP contribution in [-0.4, -0.2) is 23.5 Å². The second-order valence-corrected chi connectivity index (χ2v) is 8.46. The van der Waals surface area contributed by atoms with Gasteiger partial charge in [-0.15, -0.1) is 0 Å². The summed E-state index contributed by atoms with van der Waals surface area (Å²) in [6, 6.07) is 16.2. The fraction of sp³-hybridized carbons (Fsp3) is 0.240. The van der Waals surface area contributed by atoms with Gasteiger partial charge in [-0.2, -0.15) is 5.26 Å². The Hall–Kier alpha value is -3.40. The number of nitrogens with zero attached hydrogens (tertiary/aromatic N) is 2. The van der Waals surface area contributed by atoms with Gasteiger partial charge in [-0.25, -0.2) is 0 Å². The number of carbonyl (C=O) groups is 1. The van der Waals surface area contributed by atoms with Crippen molar-refractivity contribution in [2.24, 2.45) is 0 Å². The van der Waals surface area contributed by atoms with Gasteiger partial charge in [0, 0.05) is 24.0 Å². The molecule has 0 bridgehead atoms. The molecule has 3 aromatic rings. The van der Waals surface area contributed by atoms with Crippen LogP contribution < -0.4 is 16.0 Å². The molecule has 0 unspecified atom stereocenters. The van der Waals surface area contributed by atoms with Crippen LogP contribution in [0, 0.1) is 18.3 Å². The van der Waals surface area contributed by atoms with Gasteiger partial charge in [0.15, 0.2) is 0 Å². The van der Waals surface area contributed by atoms with Gasteiger partial charge in [-0.05, 0) is 59.9 Å². The Kier molecular flexibility index (Phi) is 6.40. The Balaban J connectivity index is 1.62. The number of benzene rings is 2. The molecule has 3 N–H and O–H groups in total. The van der Waals surface area contributed by atoms with Gasteiger partial charge in [0.25, 0.3) is 0 Å². The minimum atomic E-state index is -0.611. The van der Waals surface area contributed by atoms with E-state index in [0.717, 1.165) is 16.1 Å². The highest BCUT2D eigenvalue weighted by Crippen LogP contribution is 2.34. The lowest BCUT2D eigenvalue weighted by Crippen LogP contribution is -2.48. The molecule has 1 aliphatic heterocycles. The minimum absolute atomic E-state index is 0.163. The SMILES string of the molecule is Cc1cc(Cl)ccc1[C@@H](C)CN[C@H](c1cccnc1)[C@@H]1Nc2c(C#N)cccc2NC1=O. The van der Waals surface area contributed by atoms with E-state index in [2.05, 4.69) is 33.9 Å². The van der Waals surface area contributed by atoms with Gasteiger partial charge in [-0.3, -0.25) is 9.78 Å². The van der Waals surface area contributed by atoms with Crippen molar-refractivity contribution in [2.75, 3.05) is 17.2 Å². The molecule has 0 spiro atoms. The summed E-state index contributed by atoms with van der Waals surface area (Å²) >= 11 is 6.11. The van der Waals surface area contributed by atoms with E-state index in [1.807, 2.05) is 37.3 Å². The van der Waals surface area contributed by atoms with Crippen molar-refractivity contribution in [1.29, 1.82) is 5.26 Å². The first-order chi connectivity index (χ1) is 15.5. The first-order valence-electron chi connectivity index (χ1n) is 10.5. The van der Waals surface area contributed by atoms with E-state index >= 15 is 0 Å². The molecule has 7 heteroatoms. The van der Waals surface area contributed by atoms with Crippen molar-refractivity contribution in [3.05, 3.63) is 88.2 Å². The number of pyridine rings is 1. The molecule has 0 aliphatic carbocycles. The lowest BCUT2D eigenvalue weighted by atomic mass is 9.93. The summed E-state index contributed by atoms with van der Waals surface area (Å²) in [5, 5.41) is 20.0. The van der Waals surface area contributed by atoms with Gasteiger partial charge in [0.05, 0.1) is 23.0 Å². The maximum Gasteiger partial charge on any atom is 0.248 e. The zero-order valence-corrected chi connectivity index (χ0v) is 18.6. The fourth-order valence-corrected chi connectivity index (χ4v) is 4.39. The predicted molar refractivity (Wildman–Crippen MR) is 127 cm³/mol. The van der Waals surface area contributed by atoms with Gasteiger partial charge in [-0.1, -0.05) is 36.7 Å². The molecular weight excluding hydrogens is 422 g/mol. The first-order valence-corrected chi connectivity index (χ1v) is 10.9. The molecule has 0 fully saturated rings. The van der Waals surface area contributed by atoms with Crippen LogP contribution >= 0.6 is 11.6 Å². The fourth-order valence-electron chi connectivity index (χ4n) is 4.17. The Morgan fingerprint density at radius 1 is 1.25 bits per heavy atom. The molecule has 1 aliphatic rings. The summed E-state index contributed by atoms with van der Waals surface area (Å²) in [6.45, 7) is 4.83. The van der Waals surface area contributed by atoms with Crippen LogP contribution in [0.25, 0.3) is 0 Å². The second-order valence-electron chi connectivity index (χ2n) is 8.03. The molecule has 2 heterocycles. The van der Waals surface area contributed by atoms with Crippen LogP contribution in [0.2, 0.25) is 5.02 Å². The van der Waals surface area contributed by atoms with Crippen LogP contribution in [0.5, 0.6) is 0 Å². The Morgan fingerprint density at radius 3 is 2.81 bits per heavy atom. The third kappa shape index (κ3) is 4.45. The maximum absolute atomic E-state index is 13.0. The summed E-state index contributed by atoms with van der Waals surface area (Å²) in [6.07, 6.45) is 3.47. The number of aromatic nitrogens is 1. The van der Waals surface area contributed by atoms with Gasteiger partial charge in [0.1, 0.15) is 12.1 Å². The molecule has 1 amide bonds. The van der Waals surface area contributed by atoms with E-state index < -0.39 is 6.04 Å². The summed E-state index contributed by atoms with van der Waals surface area (Å²) in [7, 11) is 0. The number of rotatable bonds is 6. The molecule has 162 valence electrons. The number of nitriles is 1. The molecule has 0 saturated carbocycles. The molecule has 1 aromatic heterocycles. The smallest absolute Gasteiger partial charge is 0.248 e. The van der Waals surface area contributed by atoms with Crippen LogP contribution in [-0.2, 0) is 4.79 Å². The number of hydrogen-bond donors (Lipinski definition) is 3. The maximum atomic E-state index is 13.0. The Labute approximate surface area is 192 Å². The van der Waals surface area contributed by atoms with Crippen LogP contribution in [0.3, 0.4) is 0 Å². The molecule has 6 nitrogen and oxygen atoms in total. The molecular formula is C25H24ClN5O. The zero-order valence-electron chi connectivity index (χ0n) is 17.9. The molecule has 2 aromatic carbocycles. The number of carbonyl (C=O) groups excluding carboxylic acids is 1. The van der Waals surface area contributed by atoms with E-state index in [-0.39, 0.29) is 17.9 Å². The second kappa shape index (κ2) is 9.39. The van der Waals surface area contributed by atoms with Gasteiger partial charge >= 0.3 is 0 Å². The average molecular weight is 446 g/mol. The van der Waals surface area contributed by atoms with Crippen molar-refractivity contribution >= 4 is 28.9 Å². The predicted octanol–water partition coefficient (Wildman–Crippen LogP) is 4.78. The number of nitrogens with one attached hydrogen (secondary N) is 3. The zero-order chi connectivity index (χ0) is 22.7. The lowest BCUT2D eigenvalue weighted by molar-refractivity contribution is -0.117. The monoisotopic (exact) mass is 445 g/mol. The third-order valence-corrected chi connectivity index (χ3v) is 6.04. The number of para-hydroxylation sites is 1. The van der Waals surface area contributed by atoms with E-state index in [9.17, 15) is 10.1 Å². The third-order valence-electron chi connectivity index (χ3n) is 5.81. The number of amides is 1. The van der Waals surface area contributed by atoms with E-state index in [1.165, 1.54) is 5.56 Å². The molecule has 3 atom stereocenters. The highest BCUT2D eigenvalue weighted by atomic mass is 35.5. The summed E-state index contributed by atoms with van der Waals surface area (Å²) in [5.41, 5.74) is 4.95. The highest BCUT2D eigenvalue weighted by molar-refractivity contribution is 6.30. The standard InChI is InChI=1S/C25H24ClN5O/c1-15-11-19(26)8-9-20(15)16(2)13-29-23(18-6-4-10-28-14-18)24-25(32)30-21-7-3-5-17(12-27)22(21)31-24/h3-11,14,16,23-24,29,31H,13H2,1-2H3,(H,30,32)/t16-,23+,24-/m0/s1. The lowest BCUT2D eigenvalue weighted by Gasteiger charge is -2.34. The van der Waals surface area contributed by atoms with Crippen molar-refractivity contribution < 1.29 is 4.79 Å². The van der Waals surface area contributed by atoms with Crippen molar-refractivity contribution in [1.82, 2.24) is 10.3 Å². The van der Waals surface area contributed by atoms with Gasteiger partial charge in [0.2, 0.25) is 5.91 Å². The van der Waals surface area contributed by atoms with Crippen LogP contribution in [0.15, 0.2) is 60.9 Å². The average Bonchev–Trinajstić information content (AvgIpc) is 2.79. The van der Waals surface area contributed by atoms with Crippen molar-refractivity contribution in [3.8, 4) is 6.07 Å². The summed E-state index contributed by atoms with van der Waals surface area (Å²) in [5.74, 6) is 0.0318. The minimum Gasteiger partial charge on any atom is -0.369 e. The normalized spacial score (nSPS) is 16.8. The van der Waals surface area contributed by atoms with Crippen LogP contribution in [0.1, 0.15) is 41.1 Å². The molecule has 4 rings (SSSR count). The number of hydrogen-bond acceptors (Lipinski definition) is 5. The number of anilines is 2. The molecule has 0 saturated heterocycles. The number of fused-ring (bicyclic) bond motifs is 1. The van der Waals surface area contributed by atoms with Crippen molar-refractivity contribution in [2.45, 2.75) is 31.8 Å². The van der Waals surface area contributed by atoms with E-state index in [0.29, 0.717) is 23.5 Å². The quantitative estimate of drug-likeness (QED) is 0.508. The van der Waals surface area contributed by atoms with E-state index in [1.54, 1.807) is 30.6 Å². The van der Waals surface area contributed by atoms with Crippen molar-refractivity contribution in [3.63, 3.8) is 0 Å². The highest BCUT2D eigenvalue weighted by Gasteiger charge is 2.34.